The molecule has 110 valence electrons. The Labute approximate surface area is 108 Å². The minimum Gasteiger partial charge on any atom is -0.480 e. The zero-order valence-electron chi connectivity index (χ0n) is 10.8. The Kier molecular flexibility index (Phi) is 4.32. The molecule has 2 N–H and O–H groups in total. The molecule has 0 aromatic rings. The molecule has 0 atom stereocenters. The van der Waals surface area contributed by atoms with Gasteiger partial charge in [-0.1, -0.05) is 0 Å². The number of alkyl halides is 3. The van der Waals surface area contributed by atoms with E-state index in [0.717, 1.165) is 0 Å². The third kappa shape index (κ3) is 4.00. The lowest BCUT2D eigenvalue weighted by Gasteiger charge is -2.34. The molecule has 0 aromatic carbocycles. The Morgan fingerprint density at radius 3 is 2.05 bits per heavy atom. The molecule has 1 heterocycles. The van der Waals surface area contributed by atoms with Crippen molar-refractivity contribution < 1.29 is 27.9 Å². The van der Waals surface area contributed by atoms with Crippen LogP contribution < -0.4 is 5.32 Å². The smallest absolute Gasteiger partial charge is 0.391 e. The van der Waals surface area contributed by atoms with Crippen molar-refractivity contribution in [1.29, 1.82) is 0 Å². The number of nitrogens with zero attached hydrogens (tertiary/aromatic N) is 1. The summed E-state index contributed by atoms with van der Waals surface area (Å²) < 4.78 is 37.3. The number of carbonyl (C=O) groups is 2. The van der Waals surface area contributed by atoms with Crippen molar-refractivity contribution in [3.05, 3.63) is 0 Å². The number of rotatable bonds is 2. The van der Waals surface area contributed by atoms with E-state index in [2.05, 4.69) is 5.32 Å². The quantitative estimate of drug-likeness (QED) is 0.812. The average Bonchev–Trinajstić information content (AvgIpc) is 2.27. The van der Waals surface area contributed by atoms with Gasteiger partial charge in [0.05, 0.1) is 5.92 Å². The highest BCUT2D eigenvalue weighted by molar-refractivity contribution is 5.85. The molecule has 2 amide bonds. The largest absolute Gasteiger partial charge is 0.480 e. The number of piperidine rings is 1. The highest BCUT2D eigenvalue weighted by atomic mass is 19.4. The maximum Gasteiger partial charge on any atom is 0.391 e. The SMILES string of the molecule is CC(C)(NC(=O)N1CCC(C(F)(F)F)CC1)C(=O)O. The van der Waals surface area contributed by atoms with Crippen molar-refractivity contribution in [2.45, 2.75) is 38.4 Å². The molecule has 0 unspecified atom stereocenters. The third-order valence-electron chi connectivity index (χ3n) is 3.20. The van der Waals surface area contributed by atoms with Gasteiger partial charge in [0.25, 0.3) is 0 Å². The second kappa shape index (κ2) is 5.26. The second-order valence-electron chi connectivity index (χ2n) is 5.16. The predicted molar refractivity (Wildman–Crippen MR) is 60.6 cm³/mol. The van der Waals surface area contributed by atoms with Crippen LogP contribution in [0.1, 0.15) is 26.7 Å². The summed E-state index contributed by atoms with van der Waals surface area (Å²) in [7, 11) is 0. The van der Waals surface area contributed by atoms with E-state index >= 15 is 0 Å². The van der Waals surface area contributed by atoms with Gasteiger partial charge >= 0.3 is 18.2 Å². The molecule has 1 rings (SSSR count). The van der Waals surface area contributed by atoms with Crippen LogP contribution >= 0.6 is 0 Å². The van der Waals surface area contributed by atoms with Gasteiger partial charge in [0.15, 0.2) is 0 Å². The van der Waals surface area contributed by atoms with E-state index in [-0.39, 0.29) is 25.9 Å². The topological polar surface area (TPSA) is 69.6 Å². The van der Waals surface area contributed by atoms with E-state index in [1.54, 1.807) is 0 Å². The molecule has 0 radical (unpaired) electrons. The molecule has 1 aliphatic rings. The summed E-state index contributed by atoms with van der Waals surface area (Å²) in [5.74, 6) is -2.59. The van der Waals surface area contributed by atoms with Crippen LogP contribution in [0.2, 0.25) is 0 Å². The van der Waals surface area contributed by atoms with E-state index in [9.17, 15) is 22.8 Å². The predicted octanol–water partition coefficient (Wildman–Crippen LogP) is 1.83. The Morgan fingerprint density at radius 1 is 1.21 bits per heavy atom. The summed E-state index contributed by atoms with van der Waals surface area (Å²) in [5, 5.41) is 11.1. The minimum absolute atomic E-state index is 0.0221. The number of amides is 2. The summed E-state index contributed by atoms with van der Waals surface area (Å²) in [5.41, 5.74) is -1.45. The first-order valence-corrected chi connectivity index (χ1v) is 5.91. The summed E-state index contributed by atoms with van der Waals surface area (Å²) >= 11 is 0. The van der Waals surface area contributed by atoms with E-state index in [4.69, 9.17) is 5.11 Å². The first-order chi connectivity index (χ1) is 8.54. The highest BCUT2D eigenvalue weighted by Gasteiger charge is 2.42. The van der Waals surface area contributed by atoms with E-state index < -0.39 is 29.6 Å². The van der Waals surface area contributed by atoms with Crippen LogP contribution in [0.5, 0.6) is 0 Å². The van der Waals surface area contributed by atoms with E-state index in [1.807, 2.05) is 0 Å². The molecule has 1 aliphatic heterocycles. The fourth-order valence-electron chi connectivity index (χ4n) is 1.81. The molecule has 1 fully saturated rings. The summed E-state index contributed by atoms with van der Waals surface area (Å²) in [6.07, 6.45) is -4.53. The van der Waals surface area contributed by atoms with Gasteiger partial charge < -0.3 is 15.3 Å². The van der Waals surface area contributed by atoms with Gasteiger partial charge in [0, 0.05) is 13.1 Å². The van der Waals surface area contributed by atoms with Crippen molar-refractivity contribution in [1.82, 2.24) is 10.2 Å². The minimum atomic E-state index is -4.23. The molecular weight excluding hydrogens is 265 g/mol. The average molecular weight is 282 g/mol. The first-order valence-electron chi connectivity index (χ1n) is 5.91. The Hall–Kier alpha value is -1.47. The maximum absolute atomic E-state index is 12.4. The van der Waals surface area contributed by atoms with Crippen molar-refractivity contribution >= 4 is 12.0 Å². The van der Waals surface area contributed by atoms with Gasteiger partial charge in [0.1, 0.15) is 5.54 Å². The van der Waals surface area contributed by atoms with Crippen LogP contribution in [0.3, 0.4) is 0 Å². The number of nitrogens with one attached hydrogen (secondary N) is 1. The first kappa shape index (κ1) is 15.6. The normalized spacial score (nSPS) is 18.3. The molecule has 19 heavy (non-hydrogen) atoms. The van der Waals surface area contributed by atoms with Crippen LogP contribution in [0.4, 0.5) is 18.0 Å². The number of carbonyl (C=O) groups excluding carboxylic acids is 1. The monoisotopic (exact) mass is 282 g/mol. The zero-order valence-corrected chi connectivity index (χ0v) is 10.8. The number of urea groups is 1. The second-order valence-corrected chi connectivity index (χ2v) is 5.16. The molecule has 5 nitrogen and oxygen atoms in total. The van der Waals surface area contributed by atoms with Gasteiger partial charge in [-0.15, -0.1) is 0 Å². The number of hydrogen-bond donors (Lipinski definition) is 2. The fourth-order valence-corrected chi connectivity index (χ4v) is 1.81. The van der Waals surface area contributed by atoms with Crippen LogP contribution in [-0.2, 0) is 4.79 Å². The molecule has 8 heteroatoms. The van der Waals surface area contributed by atoms with Crippen LogP contribution in [0.15, 0.2) is 0 Å². The number of likely N-dealkylation sites (tertiary alicyclic amines) is 1. The number of hydrogen-bond acceptors (Lipinski definition) is 2. The Balaban J connectivity index is 2.52. The molecule has 0 bridgehead atoms. The van der Waals surface area contributed by atoms with Gasteiger partial charge in [-0.05, 0) is 26.7 Å². The Morgan fingerprint density at radius 2 is 1.68 bits per heavy atom. The fraction of sp³-hybridized carbons (Fsp3) is 0.818. The molecular formula is C11H17F3N2O3. The van der Waals surface area contributed by atoms with Crippen LogP contribution in [0, 0.1) is 5.92 Å². The molecule has 0 spiro atoms. The van der Waals surface area contributed by atoms with Gasteiger partial charge in [-0.2, -0.15) is 13.2 Å². The zero-order chi connectivity index (χ0) is 14.8. The van der Waals surface area contributed by atoms with E-state index in [0.29, 0.717) is 0 Å². The lowest BCUT2D eigenvalue weighted by atomic mass is 9.96. The lowest BCUT2D eigenvalue weighted by Crippen LogP contribution is -2.55. The van der Waals surface area contributed by atoms with Crippen LogP contribution in [-0.4, -0.2) is 46.8 Å². The molecule has 0 aliphatic carbocycles. The van der Waals surface area contributed by atoms with Crippen molar-refractivity contribution in [2.75, 3.05) is 13.1 Å². The number of carboxylic acids is 1. The molecule has 0 aromatic heterocycles. The van der Waals surface area contributed by atoms with Gasteiger partial charge in [0.2, 0.25) is 0 Å². The van der Waals surface area contributed by atoms with Crippen LogP contribution in [0.25, 0.3) is 0 Å². The molecule has 0 saturated carbocycles. The van der Waals surface area contributed by atoms with Crippen molar-refractivity contribution in [3.63, 3.8) is 0 Å². The Bertz CT molecular complexity index is 361. The maximum atomic E-state index is 12.4. The third-order valence-corrected chi connectivity index (χ3v) is 3.20. The molecule has 1 saturated heterocycles. The number of aliphatic carboxylic acids is 1. The highest BCUT2D eigenvalue weighted by Crippen LogP contribution is 2.34. The van der Waals surface area contributed by atoms with Crippen molar-refractivity contribution in [2.24, 2.45) is 5.92 Å². The standard InChI is InChI=1S/C11H17F3N2O3/c1-10(2,8(17)18)15-9(19)16-5-3-7(4-6-16)11(12,13)14/h7H,3-6H2,1-2H3,(H,15,19)(H,17,18). The number of carboxylic acid groups (broad SMARTS) is 1. The summed E-state index contributed by atoms with van der Waals surface area (Å²) in [6.45, 7) is 2.59. The lowest BCUT2D eigenvalue weighted by molar-refractivity contribution is -0.183. The van der Waals surface area contributed by atoms with Gasteiger partial charge in [-0.3, -0.25) is 0 Å². The summed E-state index contributed by atoms with van der Waals surface area (Å²) in [4.78, 5) is 23.8. The van der Waals surface area contributed by atoms with Gasteiger partial charge in [-0.25, -0.2) is 9.59 Å². The summed E-state index contributed by atoms with van der Waals surface area (Å²) in [6, 6.07) is -0.645. The van der Waals surface area contributed by atoms with Crippen molar-refractivity contribution in [3.8, 4) is 0 Å². The number of halogens is 3. The van der Waals surface area contributed by atoms with E-state index in [1.165, 1.54) is 18.7 Å².